The van der Waals surface area contributed by atoms with Gasteiger partial charge in [-0.3, -0.25) is 4.90 Å². The molecule has 0 aromatic heterocycles. The largest absolute Gasteiger partial charge is 0.508 e. The molecule has 4 nitrogen and oxygen atoms in total. The standard InChI is InChI=1S/C21H27ClN2O2/c1-14-15(2)20(25)8-6-18(14)16(3)23-9-11-24(12-10-23)17-5-7-19(22)21(13-17)26-4/h5-8,13,16,25H,9-12H2,1-4H3. The molecule has 1 saturated heterocycles. The van der Waals surface area contributed by atoms with E-state index < -0.39 is 0 Å². The van der Waals surface area contributed by atoms with E-state index in [1.807, 2.05) is 25.1 Å². The van der Waals surface area contributed by atoms with Gasteiger partial charge in [0.15, 0.2) is 0 Å². The highest BCUT2D eigenvalue weighted by Gasteiger charge is 2.24. The molecule has 26 heavy (non-hydrogen) atoms. The van der Waals surface area contributed by atoms with Gasteiger partial charge in [-0.15, -0.1) is 0 Å². The Balaban J connectivity index is 1.69. The minimum atomic E-state index is 0.330. The Morgan fingerprint density at radius 3 is 2.38 bits per heavy atom. The highest BCUT2D eigenvalue weighted by atomic mass is 35.5. The summed E-state index contributed by atoms with van der Waals surface area (Å²) in [5.74, 6) is 1.09. The number of benzene rings is 2. The number of piperazine rings is 1. The maximum absolute atomic E-state index is 9.90. The van der Waals surface area contributed by atoms with Gasteiger partial charge in [0.05, 0.1) is 12.1 Å². The molecule has 1 atom stereocenters. The van der Waals surface area contributed by atoms with Gasteiger partial charge in [0.25, 0.3) is 0 Å². The predicted molar refractivity (Wildman–Crippen MR) is 108 cm³/mol. The Morgan fingerprint density at radius 2 is 1.73 bits per heavy atom. The summed E-state index contributed by atoms with van der Waals surface area (Å²) in [6.45, 7) is 10.2. The van der Waals surface area contributed by atoms with E-state index >= 15 is 0 Å². The first-order chi connectivity index (χ1) is 12.4. The molecular formula is C21H27ClN2O2. The van der Waals surface area contributed by atoms with Crippen molar-refractivity contribution in [3.8, 4) is 11.5 Å². The Morgan fingerprint density at radius 1 is 1.04 bits per heavy atom. The van der Waals surface area contributed by atoms with Gasteiger partial charge in [0.1, 0.15) is 11.5 Å². The van der Waals surface area contributed by atoms with Crippen LogP contribution in [0.15, 0.2) is 30.3 Å². The lowest BCUT2D eigenvalue weighted by Gasteiger charge is -2.39. The van der Waals surface area contributed by atoms with Gasteiger partial charge < -0.3 is 14.7 Å². The average molecular weight is 375 g/mol. The second-order valence-electron chi connectivity index (χ2n) is 6.94. The first-order valence-corrected chi connectivity index (χ1v) is 9.41. The molecule has 1 fully saturated rings. The number of aromatic hydroxyl groups is 1. The lowest BCUT2D eigenvalue weighted by Crippen LogP contribution is -2.47. The molecule has 1 aliphatic rings. The Bertz CT molecular complexity index is 786. The molecular weight excluding hydrogens is 348 g/mol. The molecule has 1 unspecified atom stereocenters. The molecule has 2 aromatic carbocycles. The number of rotatable bonds is 4. The number of halogens is 1. The topological polar surface area (TPSA) is 35.9 Å². The Hall–Kier alpha value is -1.91. The van der Waals surface area contributed by atoms with E-state index in [0.29, 0.717) is 16.8 Å². The molecule has 0 spiro atoms. The normalized spacial score (nSPS) is 16.6. The van der Waals surface area contributed by atoms with E-state index in [2.05, 4.69) is 35.8 Å². The van der Waals surface area contributed by atoms with Crippen LogP contribution in [0.4, 0.5) is 5.69 Å². The van der Waals surface area contributed by atoms with Crippen molar-refractivity contribution in [1.82, 2.24) is 4.90 Å². The van der Waals surface area contributed by atoms with Crippen LogP contribution in [0.25, 0.3) is 0 Å². The van der Waals surface area contributed by atoms with Crippen LogP contribution in [0.3, 0.4) is 0 Å². The zero-order valence-corrected chi connectivity index (χ0v) is 16.7. The second kappa shape index (κ2) is 7.77. The van der Waals surface area contributed by atoms with Crippen molar-refractivity contribution in [1.29, 1.82) is 0 Å². The second-order valence-corrected chi connectivity index (χ2v) is 7.35. The van der Waals surface area contributed by atoms with Gasteiger partial charge in [-0.2, -0.15) is 0 Å². The maximum Gasteiger partial charge on any atom is 0.139 e. The van der Waals surface area contributed by atoms with Gasteiger partial charge in [-0.1, -0.05) is 17.7 Å². The van der Waals surface area contributed by atoms with Crippen LogP contribution < -0.4 is 9.64 Å². The van der Waals surface area contributed by atoms with E-state index in [1.54, 1.807) is 7.11 Å². The SMILES string of the molecule is COc1cc(N2CCN(C(C)c3ccc(O)c(C)c3C)CC2)ccc1Cl. The minimum absolute atomic E-state index is 0.330. The molecule has 0 bridgehead atoms. The molecule has 0 aliphatic carbocycles. The Kier molecular flexibility index (Phi) is 5.64. The number of ether oxygens (including phenoxy) is 1. The molecule has 1 heterocycles. The Labute approximate surface area is 160 Å². The third-order valence-corrected chi connectivity index (χ3v) is 5.92. The van der Waals surface area contributed by atoms with Crippen LogP contribution in [0.2, 0.25) is 5.02 Å². The van der Waals surface area contributed by atoms with Crippen molar-refractivity contribution in [3.05, 3.63) is 52.0 Å². The van der Waals surface area contributed by atoms with Gasteiger partial charge in [0.2, 0.25) is 0 Å². The van der Waals surface area contributed by atoms with Crippen molar-refractivity contribution < 1.29 is 9.84 Å². The summed E-state index contributed by atoms with van der Waals surface area (Å²) in [4.78, 5) is 4.87. The van der Waals surface area contributed by atoms with Gasteiger partial charge in [-0.05, 0) is 55.7 Å². The summed E-state index contributed by atoms with van der Waals surface area (Å²) in [7, 11) is 1.65. The van der Waals surface area contributed by atoms with Crippen LogP contribution in [0.1, 0.15) is 29.7 Å². The number of phenolic OH excluding ortho intramolecular Hbond substituents is 1. The number of nitrogens with zero attached hydrogens (tertiary/aromatic N) is 2. The number of hydrogen-bond donors (Lipinski definition) is 1. The monoisotopic (exact) mass is 374 g/mol. The van der Waals surface area contributed by atoms with Gasteiger partial charge >= 0.3 is 0 Å². The van der Waals surface area contributed by atoms with Crippen molar-refractivity contribution in [2.45, 2.75) is 26.8 Å². The van der Waals surface area contributed by atoms with Crippen LogP contribution >= 0.6 is 11.6 Å². The average Bonchev–Trinajstić information content (AvgIpc) is 2.66. The lowest BCUT2D eigenvalue weighted by atomic mass is 9.96. The highest BCUT2D eigenvalue weighted by molar-refractivity contribution is 6.32. The summed E-state index contributed by atoms with van der Waals surface area (Å²) in [5, 5.41) is 10.5. The van der Waals surface area contributed by atoms with Crippen LogP contribution in [-0.2, 0) is 0 Å². The summed E-state index contributed by atoms with van der Waals surface area (Å²) < 4.78 is 5.34. The number of hydrogen-bond acceptors (Lipinski definition) is 4. The molecule has 5 heteroatoms. The van der Waals surface area contributed by atoms with Gasteiger partial charge in [-0.25, -0.2) is 0 Å². The lowest BCUT2D eigenvalue weighted by molar-refractivity contribution is 0.198. The molecule has 0 amide bonds. The van der Waals surface area contributed by atoms with Crippen molar-refractivity contribution in [2.75, 3.05) is 38.2 Å². The van der Waals surface area contributed by atoms with Crippen molar-refractivity contribution in [3.63, 3.8) is 0 Å². The van der Waals surface area contributed by atoms with Crippen LogP contribution in [0, 0.1) is 13.8 Å². The minimum Gasteiger partial charge on any atom is -0.508 e. The molecule has 0 radical (unpaired) electrons. The number of phenols is 1. The third-order valence-electron chi connectivity index (χ3n) is 5.61. The summed E-state index contributed by atoms with van der Waals surface area (Å²) in [6.07, 6.45) is 0. The smallest absolute Gasteiger partial charge is 0.139 e. The van der Waals surface area contributed by atoms with Crippen LogP contribution in [0.5, 0.6) is 11.5 Å². The number of anilines is 1. The molecule has 1 N–H and O–H groups in total. The fourth-order valence-electron chi connectivity index (χ4n) is 3.69. The molecule has 3 rings (SSSR count). The van der Waals surface area contributed by atoms with Crippen molar-refractivity contribution >= 4 is 17.3 Å². The molecule has 0 saturated carbocycles. The maximum atomic E-state index is 9.90. The molecule has 140 valence electrons. The zero-order chi connectivity index (χ0) is 18.8. The van der Waals surface area contributed by atoms with Gasteiger partial charge in [0, 0.05) is 44.0 Å². The van der Waals surface area contributed by atoms with E-state index in [-0.39, 0.29) is 0 Å². The van der Waals surface area contributed by atoms with E-state index in [1.165, 1.54) is 11.1 Å². The van der Waals surface area contributed by atoms with Crippen LogP contribution in [-0.4, -0.2) is 43.3 Å². The first kappa shape index (κ1) is 18.9. The summed E-state index contributed by atoms with van der Waals surface area (Å²) in [5.41, 5.74) is 4.60. The summed E-state index contributed by atoms with van der Waals surface area (Å²) >= 11 is 6.14. The summed E-state index contributed by atoms with van der Waals surface area (Å²) in [6, 6.07) is 10.2. The van der Waals surface area contributed by atoms with E-state index in [4.69, 9.17) is 16.3 Å². The zero-order valence-electron chi connectivity index (χ0n) is 15.9. The van der Waals surface area contributed by atoms with Crippen molar-refractivity contribution in [2.24, 2.45) is 0 Å². The third kappa shape index (κ3) is 3.62. The quantitative estimate of drug-likeness (QED) is 0.851. The fourth-order valence-corrected chi connectivity index (χ4v) is 3.88. The predicted octanol–water partition coefficient (Wildman–Crippen LogP) is 4.55. The molecule has 2 aromatic rings. The van der Waals surface area contributed by atoms with E-state index in [9.17, 15) is 5.11 Å². The number of methoxy groups -OCH3 is 1. The first-order valence-electron chi connectivity index (χ1n) is 9.04. The van der Waals surface area contributed by atoms with E-state index in [0.717, 1.165) is 43.2 Å². The molecule has 1 aliphatic heterocycles. The highest BCUT2D eigenvalue weighted by Crippen LogP contribution is 2.32. The fraction of sp³-hybridized carbons (Fsp3) is 0.429.